The normalized spacial score (nSPS) is 16.6. The summed E-state index contributed by atoms with van der Waals surface area (Å²) in [6, 6.07) is 17.2. The Balaban J connectivity index is 1.48. The topological polar surface area (TPSA) is 84.9 Å². The minimum Gasteiger partial charge on any atom is -0.459 e. The molecule has 2 unspecified atom stereocenters. The molecule has 1 aliphatic heterocycles. The first-order chi connectivity index (χ1) is 14.5. The van der Waals surface area contributed by atoms with E-state index < -0.39 is 24.1 Å². The fourth-order valence-electron chi connectivity index (χ4n) is 3.28. The van der Waals surface area contributed by atoms with Crippen molar-refractivity contribution < 1.29 is 23.9 Å². The van der Waals surface area contributed by atoms with Gasteiger partial charge in [-0.1, -0.05) is 60.7 Å². The van der Waals surface area contributed by atoms with Gasteiger partial charge >= 0.3 is 12.1 Å². The Morgan fingerprint density at radius 3 is 2.13 bits per heavy atom. The molecule has 30 heavy (non-hydrogen) atoms. The van der Waals surface area contributed by atoms with E-state index in [9.17, 15) is 14.4 Å². The molecule has 1 fully saturated rings. The molecule has 0 spiro atoms. The maximum absolute atomic E-state index is 12.7. The van der Waals surface area contributed by atoms with Gasteiger partial charge in [0.1, 0.15) is 25.3 Å². The summed E-state index contributed by atoms with van der Waals surface area (Å²) in [7, 11) is 0. The van der Waals surface area contributed by atoms with Crippen molar-refractivity contribution in [3.05, 3.63) is 71.8 Å². The summed E-state index contributed by atoms with van der Waals surface area (Å²) in [5.41, 5.74) is 1.74. The first-order valence-corrected chi connectivity index (χ1v) is 10.0. The molecule has 1 N–H and O–H groups in total. The van der Waals surface area contributed by atoms with Crippen molar-refractivity contribution >= 4 is 18.0 Å². The Morgan fingerprint density at radius 2 is 1.53 bits per heavy atom. The third-order valence-electron chi connectivity index (χ3n) is 4.93. The first kappa shape index (κ1) is 21.4. The van der Waals surface area contributed by atoms with E-state index in [0.717, 1.165) is 11.1 Å². The van der Waals surface area contributed by atoms with E-state index in [1.807, 2.05) is 60.7 Å². The van der Waals surface area contributed by atoms with Gasteiger partial charge in [-0.05, 0) is 30.9 Å². The Kier molecular flexibility index (Phi) is 7.43. The lowest BCUT2D eigenvalue weighted by atomic mass is 10.2. The second-order valence-corrected chi connectivity index (χ2v) is 7.22. The molecular formula is C23H26N2O5. The number of carbonyl (C=O) groups is 3. The third kappa shape index (κ3) is 5.83. The van der Waals surface area contributed by atoms with Crippen LogP contribution in [0.15, 0.2) is 60.7 Å². The highest BCUT2D eigenvalue weighted by molar-refractivity contribution is 5.89. The number of carbonyl (C=O) groups excluding carboxylic acids is 3. The summed E-state index contributed by atoms with van der Waals surface area (Å²) < 4.78 is 10.6. The molecule has 2 amide bonds. The second kappa shape index (κ2) is 10.4. The molecule has 2 aromatic rings. The Hall–Kier alpha value is -3.35. The molecule has 7 heteroatoms. The van der Waals surface area contributed by atoms with Crippen LogP contribution in [-0.2, 0) is 32.3 Å². The number of hydrogen-bond donors (Lipinski definition) is 1. The average Bonchev–Trinajstić information content (AvgIpc) is 3.27. The number of esters is 1. The number of hydrogen-bond acceptors (Lipinski definition) is 5. The summed E-state index contributed by atoms with van der Waals surface area (Å²) in [5.74, 6) is -0.906. The van der Waals surface area contributed by atoms with Crippen molar-refractivity contribution in [2.75, 3.05) is 6.54 Å². The van der Waals surface area contributed by atoms with E-state index >= 15 is 0 Å². The van der Waals surface area contributed by atoms with E-state index in [1.54, 1.807) is 6.92 Å². The van der Waals surface area contributed by atoms with Crippen molar-refractivity contribution in [3.63, 3.8) is 0 Å². The Bertz CT molecular complexity index is 856. The smallest absolute Gasteiger partial charge is 0.410 e. The molecular weight excluding hydrogens is 384 g/mol. The summed E-state index contributed by atoms with van der Waals surface area (Å²) in [6.07, 6.45) is 0.694. The van der Waals surface area contributed by atoms with Crippen LogP contribution >= 0.6 is 0 Å². The van der Waals surface area contributed by atoms with E-state index in [1.165, 1.54) is 4.90 Å². The van der Waals surface area contributed by atoms with Crippen molar-refractivity contribution in [3.8, 4) is 0 Å². The van der Waals surface area contributed by atoms with Crippen molar-refractivity contribution in [1.29, 1.82) is 0 Å². The monoisotopic (exact) mass is 410 g/mol. The van der Waals surface area contributed by atoms with Crippen LogP contribution in [0, 0.1) is 0 Å². The predicted octanol–water partition coefficient (Wildman–Crippen LogP) is 3.04. The molecule has 2 aromatic carbocycles. The maximum atomic E-state index is 12.7. The lowest BCUT2D eigenvalue weighted by Gasteiger charge is -2.24. The maximum Gasteiger partial charge on any atom is 0.410 e. The summed E-state index contributed by atoms with van der Waals surface area (Å²) in [5, 5.41) is 2.65. The van der Waals surface area contributed by atoms with Crippen molar-refractivity contribution in [2.45, 2.75) is 45.1 Å². The molecule has 0 aromatic heterocycles. The molecule has 7 nitrogen and oxygen atoms in total. The van der Waals surface area contributed by atoms with Gasteiger partial charge in [0.2, 0.25) is 5.91 Å². The third-order valence-corrected chi connectivity index (χ3v) is 4.93. The minimum absolute atomic E-state index is 0.140. The van der Waals surface area contributed by atoms with Crippen molar-refractivity contribution in [1.82, 2.24) is 10.2 Å². The quantitative estimate of drug-likeness (QED) is 0.709. The van der Waals surface area contributed by atoms with E-state index in [4.69, 9.17) is 9.47 Å². The van der Waals surface area contributed by atoms with Gasteiger partial charge in [-0.2, -0.15) is 0 Å². The van der Waals surface area contributed by atoms with Crippen LogP contribution in [0.2, 0.25) is 0 Å². The first-order valence-electron chi connectivity index (χ1n) is 10.0. The van der Waals surface area contributed by atoms with Gasteiger partial charge in [-0.25, -0.2) is 9.59 Å². The zero-order valence-electron chi connectivity index (χ0n) is 17.0. The van der Waals surface area contributed by atoms with Crippen LogP contribution in [0.4, 0.5) is 4.79 Å². The lowest BCUT2D eigenvalue weighted by Crippen LogP contribution is -2.50. The molecule has 1 saturated heterocycles. The minimum atomic E-state index is -0.816. The highest BCUT2D eigenvalue weighted by Crippen LogP contribution is 2.19. The number of likely N-dealkylation sites (tertiary alicyclic amines) is 1. The molecule has 1 aliphatic rings. The van der Waals surface area contributed by atoms with Gasteiger partial charge in [0.05, 0.1) is 0 Å². The van der Waals surface area contributed by atoms with Gasteiger partial charge in [0.25, 0.3) is 0 Å². The van der Waals surface area contributed by atoms with Crippen LogP contribution in [0.1, 0.15) is 30.9 Å². The Labute approximate surface area is 176 Å². The van der Waals surface area contributed by atoms with Gasteiger partial charge in [0.15, 0.2) is 0 Å². The predicted molar refractivity (Wildman–Crippen MR) is 110 cm³/mol. The zero-order valence-corrected chi connectivity index (χ0v) is 17.0. The zero-order chi connectivity index (χ0) is 21.3. The number of benzene rings is 2. The SMILES string of the molecule is CC(NC(=O)C1CCCN1C(=O)OCc1ccccc1)C(=O)OCc1ccccc1. The fourth-order valence-corrected chi connectivity index (χ4v) is 3.28. The van der Waals surface area contributed by atoms with Gasteiger partial charge in [-0.15, -0.1) is 0 Å². The van der Waals surface area contributed by atoms with Crippen LogP contribution in [0.3, 0.4) is 0 Å². The number of ether oxygens (including phenoxy) is 2. The van der Waals surface area contributed by atoms with Crippen LogP contribution in [0.5, 0.6) is 0 Å². The number of rotatable bonds is 7. The van der Waals surface area contributed by atoms with Crippen LogP contribution in [0.25, 0.3) is 0 Å². The van der Waals surface area contributed by atoms with Crippen molar-refractivity contribution in [2.24, 2.45) is 0 Å². The lowest BCUT2D eigenvalue weighted by molar-refractivity contribution is -0.149. The fraction of sp³-hybridized carbons (Fsp3) is 0.348. The van der Waals surface area contributed by atoms with Gasteiger partial charge in [0, 0.05) is 6.54 Å². The highest BCUT2D eigenvalue weighted by atomic mass is 16.6. The summed E-state index contributed by atoms with van der Waals surface area (Å²) >= 11 is 0. The molecule has 3 rings (SSSR count). The highest BCUT2D eigenvalue weighted by Gasteiger charge is 2.36. The Morgan fingerprint density at radius 1 is 0.967 bits per heavy atom. The molecule has 0 radical (unpaired) electrons. The van der Waals surface area contributed by atoms with Crippen LogP contribution < -0.4 is 5.32 Å². The average molecular weight is 410 g/mol. The van der Waals surface area contributed by atoms with Gasteiger partial charge < -0.3 is 14.8 Å². The molecule has 1 heterocycles. The molecule has 0 bridgehead atoms. The number of amides is 2. The molecule has 0 aliphatic carbocycles. The van der Waals surface area contributed by atoms with E-state index in [0.29, 0.717) is 19.4 Å². The van der Waals surface area contributed by atoms with E-state index in [-0.39, 0.29) is 19.1 Å². The largest absolute Gasteiger partial charge is 0.459 e. The number of nitrogens with zero attached hydrogens (tertiary/aromatic N) is 1. The molecule has 158 valence electrons. The summed E-state index contributed by atoms with van der Waals surface area (Å²) in [4.78, 5) is 38.7. The standard InChI is InChI=1S/C23H26N2O5/c1-17(22(27)29-15-18-9-4-2-5-10-18)24-21(26)20-13-8-14-25(20)23(28)30-16-19-11-6-3-7-12-19/h2-7,9-12,17,20H,8,13-16H2,1H3,(H,24,26). The van der Waals surface area contributed by atoms with Gasteiger partial charge in [-0.3, -0.25) is 9.69 Å². The number of nitrogens with one attached hydrogen (secondary N) is 1. The second-order valence-electron chi connectivity index (χ2n) is 7.22. The van der Waals surface area contributed by atoms with Crippen LogP contribution in [-0.4, -0.2) is 41.5 Å². The summed E-state index contributed by atoms with van der Waals surface area (Å²) in [6.45, 7) is 2.30. The molecule has 2 atom stereocenters. The van der Waals surface area contributed by atoms with E-state index in [2.05, 4.69) is 5.32 Å². The molecule has 0 saturated carbocycles.